The molecule has 0 radical (unpaired) electrons. The summed E-state index contributed by atoms with van der Waals surface area (Å²) in [5, 5.41) is 4.86. The van der Waals surface area contributed by atoms with Crippen molar-refractivity contribution >= 4 is 10.0 Å². The normalized spacial score (nSPS) is 29.6. The minimum atomic E-state index is -3.32. The molecule has 1 aliphatic carbocycles. The van der Waals surface area contributed by atoms with Gasteiger partial charge in [-0.25, -0.2) is 13.6 Å². The van der Waals surface area contributed by atoms with Crippen LogP contribution in [0.25, 0.3) is 0 Å². The first kappa shape index (κ1) is 11.0. The summed E-state index contributed by atoms with van der Waals surface area (Å²) in [4.78, 5) is 0. The lowest BCUT2D eigenvalue weighted by atomic mass is 9.85. The zero-order valence-electron chi connectivity index (χ0n) is 8.41. The van der Waals surface area contributed by atoms with Crippen molar-refractivity contribution in [1.29, 1.82) is 0 Å². The molecule has 1 saturated carbocycles. The summed E-state index contributed by atoms with van der Waals surface area (Å²) < 4.78 is 22.4. The summed E-state index contributed by atoms with van der Waals surface area (Å²) in [6.07, 6.45) is 4.68. The van der Waals surface area contributed by atoms with Crippen molar-refractivity contribution in [1.82, 2.24) is 0 Å². The van der Waals surface area contributed by atoms with E-state index in [0.29, 0.717) is 6.42 Å². The van der Waals surface area contributed by atoms with Crippen LogP contribution in [0.1, 0.15) is 46.0 Å². The Morgan fingerprint density at radius 3 is 2.46 bits per heavy atom. The average Bonchev–Trinajstić information content (AvgIpc) is 2.08. The van der Waals surface area contributed by atoms with Gasteiger partial charge in [0.05, 0.1) is 5.25 Å². The van der Waals surface area contributed by atoms with Gasteiger partial charge in [-0.05, 0) is 24.7 Å². The molecule has 1 fully saturated rings. The highest BCUT2D eigenvalue weighted by Gasteiger charge is 2.31. The lowest BCUT2D eigenvalue weighted by Crippen LogP contribution is -2.31. The molecule has 4 heteroatoms. The Morgan fingerprint density at radius 2 is 1.92 bits per heavy atom. The zero-order chi connectivity index (χ0) is 10.1. The van der Waals surface area contributed by atoms with Crippen LogP contribution in [0.3, 0.4) is 0 Å². The number of hydrogen-bond donors (Lipinski definition) is 1. The van der Waals surface area contributed by atoms with Gasteiger partial charge < -0.3 is 0 Å². The molecule has 0 heterocycles. The average molecular weight is 205 g/mol. The number of rotatable bonds is 1. The lowest BCUT2D eigenvalue weighted by molar-refractivity contribution is 0.314. The maximum absolute atomic E-state index is 11.2. The highest BCUT2D eigenvalue weighted by molar-refractivity contribution is 7.89. The van der Waals surface area contributed by atoms with E-state index in [1.807, 2.05) is 0 Å². The Morgan fingerprint density at radius 1 is 1.31 bits per heavy atom. The minimum Gasteiger partial charge on any atom is -0.228 e. The molecule has 1 rings (SSSR count). The molecule has 2 N–H and O–H groups in total. The second-order valence-electron chi connectivity index (χ2n) is 4.83. The second kappa shape index (κ2) is 3.58. The maximum Gasteiger partial charge on any atom is 0.211 e. The van der Waals surface area contributed by atoms with Crippen molar-refractivity contribution in [3.8, 4) is 0 Å². The Hall–Kier alpha value is -0.0900. The Labute approximate surface area is 80.8 Å². The van der Waals surface area contributed by atoms with E-state index < -0.39 is 10.0 Å². The third-order valence-corrected chi connectivity index (χ3v) is 4.21. The van der Waals surface area contributed by atoms with Crippen molar-refractivity contribution in [2.75, 3.05) is 0 Å². The van der Waals surface area contributed by atoms with Gasteiger partial charge in [0.15, 0.2) is 0 Å². The van der Waals surface area contributed by atoms with Gasteiger partial charge in [0.1, 0.15) is 0 Å². The summed E-state index contributed by atoms with van der Waals surface area (Å²) in [5.74, 6) is 0. The molecule has 0 amide bonds. The van der Waals surface area contributed by atoms with Crippen LogP contribution in [0.4, 0.5) is 0 Å². The molecule has 0 aromatic rings. The summed E-state index contributed by atoms with van der Waals surface area (Å²) in [6, 6.07) is 0. The molecule has 1 atom stereocenters. The SMILES string of the molecule is CC1(C)CCCCC(S(N)(=O)=O)C1. The first-order valence-corrected chi connectivity index (χ1v) is 6.44. The van der Waals surface area contributed by atoms with Crippen molar-refractivity contribution in [2.45, 2.75) is 51.2 Å². The predicted octanol–water partition coefficient (Wildman–Crippen LogP) is 1.63. The first-order chi connectivity index (χ1) is 5.81. The minimum absolute atomic E-state index is 0.133. The molecule has 3 nitrogen and oxygen atoms in total. The summed E-state index contributed by atoms with van der Waals surface area (Å²) in [6.45, 7) is 4.24. The van der Waals surface area contributed by atoms with E-state index in [1.54, 1.807) is 0 Å². The van der Waals surface area contributed by atoms with Crippen LogP contribution in [0.5, 0.6) is 0 Å². The second-order valence-corrected chi connectivity index (χ2v) is 6.67. The van der Waals surface area contributed by atoms with Crippen LogP contribution in [-0.2, 0) is 10.0 Å². The van der Waals surface area contributed by atoms with Gasteiger partial charge in [0, 0.05) is 0 Å². The molecule has 1 aliphatic rings. The number of primary sulfonamides is 1. The van der Waals surface area contributed by atoms with Crippen LogP contribution < -0.4 is 5.14 Å². The van der Waals surface area contributed by atoms with Gasteiger partial charge in [-0.2, -0.15) is 0 Å². The number of sulfonamides is 1. The zero-order valence-corrected chi connectivity index (χ0v) is 9.23. The van der Waals surface area contributed by atoms with Crippen LogP contribution in [-0.4, -0.2) is 13.7 Å². The molecular formula is C9H19NO2S. The molecule has 0 aliphatic heterocycles. The molecule has 13 heavy (non-hydrogen) atoms. The van der Waals surface area contributed by atoms with E-state index in [1.165, 1.54) is 0 Å². The third-order valence-electron chi connectivity index (χ3n) is 2.87. The molecule has 0 aromatic heterocycles. The van der Waals surface area contributed by atoms with E-state index in [9.17, 15) is 8.42 Å². The molecular weight excluding hydrogens is 186 g/mol. The maximum atomic E-state index is 11.2. The van der Waals surface area contributed by atoms with Gasteiger partial charge in [-0.3, -0.25) is 0 Å². The van der Waals surface area contributed by atoms with Crippen LogP contribution in [0, 0.1) is 5.41 Å². The standard InChI is InChI=1S/C9H19NO2S/c1-9(2)6-4-3-5-8(7-9)13(10,11)12/h8H,3-7H2,1-2H3,(H2,10,11,12). The Kier molecular flexibility index (Phi) is 3.02. The van der Waals surface area contributed by atoms with Crippen molar-refractivity contribution < 1.29 is 8.42 Å². The van der Waals surface area contributed by atoms with Crippen molar-refractivity contribution in [3.05, 3.63) is 0 Å². The van der Waals surface area contributed by atoms with Crippen molar-refractivity contribution in [2.24, 2.45) is 10.6 Å². The van der Waals surface area contributed by atoms with Gasteiger partial charge in [0.2, 0.25) is 10.0 Å². The number of hydrogen-bond acceptors (Lipinski definition) is 2. The molecule has 1 unspecified atom stereocenters. The van der Waals surface area contributed by atoms with Gasteiger partial charge in [0.25, 0.3) is 0 Å². The van der Waals surface area contributed by atoms with E-state index in [-0.39, 0.29) is 10.7 Å². The third kappa shape index (κ3) is 3.27. The molecule has 0 aromatic carbocycles. The fourth-order valence-corrected chi connectivity index (χ4v) is 3.26. The number of nitrogens with two attached hydrogens (primary N) is 1. The van der Waals surface area contributed by atoms with Gasteiger partial charge in [-0.15, -0.1) is 0 Å². The highest BCUT2D eigenvalue weighted by Crippen LogP contribution is 2.35. The van der Waals surface area contributed by atoms with Crippen LogP contribution in [0.15, 0.2) is 0 Å². The quantitative estimate of drug-likeness (QED) is 0.661. The summed E-state index contributed by atoms with van der Waals surface area (Å²) in [5.41, 5.74) is 0.133. The lowest BCUT2D eigenvalue weighted by Gasteiger charge is -2.25. The van der Waals surface area contributed by atoms with E-state index in [2.05, 4.69) is 13.8 Å². The molecule has 0 spiro atoms. The fraction of sp³-hybridized carbons (Fsp3) is 1.00. The van der Waals surface area contributed by atoms with E-state index in [4.69, 9.17) is 5.14 Å². The van der Waals surface area contributed by atoms with Crippen LogP contribution >= 0.6 is 0 Å². The molecule has 0 bridgehead atoms. The van der Waals surface area contributed by atoms with E-state index in [0.717, 1.165) is 25.7 Å². The van der Waals surface area contributed by atoms with Crippen molar-refractivity contribution in [3.63, 3.8) is 0 Å². The Bertz CT molecular complexity index is 269. The largest absolute Gasteiger partial charge is 0.228 e. The fourth-order valence-electron chi connectivity index (χ4n) is 2.08. The predicted molar refractivity (Wildman–Crippen MR) is 53.8 cm³/mol. The molecule has 0 saturated heterocycles. The van der Waals surface area contributed by atoms with Gasteiger partial charge >= 0.3 is 0 Å². The topological polar surface area (TPSA) is 60.2 Å². The first-order valence-electron chi connectivity index (χ1n) is 4.83. The molecule has 78 valence electrons. The highest BCUT2D eigenvalue weighted by atomic mass is 32.2. The van der Waals surface area contributed by atoms with Gasteiger partial charge in [-0.1, -0.05) is 26.7 Å². The Balaban J connectivity index is 2.77. The smallest absolute Gasteiger partial charge is 0.211 e. The summed E-state index contributed by atoms with van der Waals surface area (Å²) >= 11 is 0. The summed E-state index contributed by atoms with van der Waals surface area (Å²) in [7, 11) is -3.32. The van der Waals surface area contributed by atoms with E-state index >= 15 is 0 Å². The van der Waals surface area contributed by atoms with Crippen LogP contribution in [0.2, 0.25) is 0 Å². The monoisotopic (exact) mass is 205 g/mol.